The molecule has 1 aromatic heterocycles. The summed E-state index contributed by atoms with van der Waals surface area (Å²) < 4.78 is 1.59. The molecule has 1 aromatic rings. The summed E-state index contributed by atoms with van der Waals surface area (Å²) in [4.78, 5) is 10.5. The van der Waals surface area contributed by atoms with Crippen LogP contribution in [0.25, 0.3) is 0 Å². The highest BCUT2D eigenvalue weighted by Crippen LogP contribution is 2.19. The fourth-order valence-corrected chi connectivity index (χ4v) is 1.13. The number of hydrogen-bond acceptors (Lipinski definition) is 4. The average Bonchev–Trinajstić information content (AvgIpc) is 2.53. The van der Waals surface area contributed by atoms with Crippen LogP contribution in [0.5, 0.6) is 0 Å². The molecule has 1 aliphatic rings. The quantitative estimate of drug-likeness (QED) is 0.551. The van der Waals surface area contributed by atoms with Gasteiger partial charge in [0.15, 0.2) is 5.69 Å². The molecule has 64 valence electrons. The van der Waals surface area contributed by atoms with E-state index in [0.29, 0.717) is 5.82 Å². The van der Waals surface area contributed by atoms with Crippen LogP contribution in [-0.2, 0) is 0 Å². The van der Waals surface area contributed by atoms with Crippen molar-refractivity contribution in [2.45, 2.75) is 13.1 Å². The molecule has 12 heavy (non-hydrogen) atoms. The molecule has 1 atom stereocenters. The Bertz CT molecular complexity index is 332. The fraction of sp³-hybridized carbons (Fsp3) is 0.333. The van der Waals surface area contributed by atoms with Crippen LogP contribution in [0.3, 0.4) is 0 Å². The Morgan fingerprint density at radius 2 is 2.58 bits per heavy atom. The Labute approximate surface area is 68.2 Å². The van der Waals surface area contributed by atoms with Crippen molar-refractivity contribution in [3.63, 3.8) is 0 Å². The van der Waals surface area contributed by atoms with Gasteiger partial charge in [0.2, 0.25) is 0 Å². The van der Waals surface area contributed by atoms with Gasteiger partial charge < -0.3 is 10.5 Å². The maximum absolute atomic E-state index is 10.5. The van der Waals surface area contributed by atoms with Gasteiger partial charge in [-0.3, -0.25) is 0 Å². The molecule has 0 fully saturated rings. The maximum Gasteiger partial charge on any atom is 0.356 e. The molecule has 0 spiro atoms. The molecule has 2 rings (SSSR count). The van der Waals surface area contributed by atoms with E-state index in [1.807, 2.05) is 6.92 Å². The zero-order chi connectivity index (χ0) is 8.72. The summed E-state index contributed by atoms with van der Waals surface area (Å²) in [6, 6.07) is 1.48. The normalized spacial score (nSPS) is 20.2. The number of anilines is 1. The second-order valence-corrected chi connectivity index (χ2v) is 2.61. The predicted molar refractivity (Wildman–Crippen MR) is 40.7 cm³/mol. The van der Waals surface area contributed by atoms with Gasteiger partial charge in [0.1, 0.15) is 12.0 Å². The minimum atomic E-state index is -1.01. The summed E-state index contributed by atoms with van der Waals surface area (Å²) in [5.74, 6) is -0.328. The Balaban J connectivity index is 2.43. The second kappa shape index (κ2) is 2.21. The number of nitrogens with zero attached hydrogens (tertiary/aromatic N) is 2. The third-order valence-corrected chi connectivity index (χ3v) is 1.73. The number of carboxylic acids is 1. The highest BCUT2D eigenvalue weighted by molar-refractivity contribution is 5.86. The maximum atomic E-state index is 10.5. The number of aromatic carboxylic acids is 1. The van der Waals surface area contributed by atoms with Gasteiger partial charge in [-0.2, -0.15) is 5.10 Å². The van der Waals surface area contributed by atoms with Crippen LogP contribution >= 0.6 is 0 Å². The van der Waals surface area contributed by atoms with Gasteiger partial charge in [0, 0.05) is 6.07 Å². The first-order chi connectivity index (χ1) is 5.68. The van der Waals surface area contributed by atoms with Gasteiger partial charge in [0.25, 0.3) is 0 Å². The van der Waals surface area contributed by atoms with Crippen molar-refractivity contribution in [2.75, 3.05) is 5.43 Å². The number of hydrazine groups is 1. The SMILES string of the molecule is CC1NNc2cc(C(=O)O)nn21. The van der Waals surface area contributed by atoms with Gasteiger partial charge >= 0.3 is 5.97 Å². The molecule has 0 radical (unpaired) electrons. The minimum absolute atomic E-state index is 0.00639. The number of fused-ring (bicyclic) bond motifs is 1. The number of aromatic nitrogens is 2. The second-order valence-electron chi connectivity index (χ2n) is 2.61. The van der Waals surface area contributed by atoms with Crippen LogP contribution in [-0.4, -0.2) is 20.9 Å². The monoisotopic (exact) mass is 168 g/mol. The molecule has 0 bridgehead atoms. The van der Waals surface area contributed by atoms with Crippen LogP contribution in [0.4, 0.5) is 5.82 Å². The third-order valence-electron chi connectivity index (χ3n) is 1.73. The molecule has 0 amide bonds. The highest BCUT2D eigenvalue weighted by atomic mass is 16.4. The van der Waals surface area contributed by atoms with Crippen molar-refractivity contribution in [1.82, 2.24) is 15.2 Å². The lowest BCUT2D eigenvalue weighted by Gasteiger charge is -2.01. The molecule has 0 saturated carbocycles. The van der Waals surface area contributed by atoms with Crippen molar-refractivity contribution >= 4 is 11.8 Å². The molecular weight excluding hydrogens is 160 g/mol. The van der Waals surface area contributed by atoms with Crippen molar-refractivity contribution in [1.29, 1.82) is 0 Å². The number of carbonyl (C=O) groups is 1. The summed E-state index contributed by atoms with van der Waals surface area (Å²) in [6.45, 7) is 1.88. The van der Waals surface area contributed by atoms with Crippen LogP contribution in [0.2, 0.25) is 0 Å². The van der Waals surface area contributed by atoms with Gasteiger partial charge in [0.05, 0.1) is 0 Å². The molecule has 6 nitrogen and oxygen atoms in total. The molecule has 1 unspecified atom stereocenters. The van der Waals surface area contributed by atoms with Crippen LogP contribution in [0.15, 0.2) is 6.07 Å². The fourth-order valence-electron chi connectivity index (χ4n) is 1.13. The minimum Gasteiger partial charge on any atom is -0.476 e. The van der Waals surface area contributed by atoms with E-state index in [-0.39, 0.29) is 11.9 Å². The Morgan fingerprint density at radius 3 is 3.17 bits per heavy atom. The van der Waals surface area contributed by atoms with Crippen LogP contribution in [0, 0.1) is 0 Å². The first-order valence-corrected chi connectivity index (χ1v) is 3.53. The lowest BCUT2D eigenvalue weighted by Crippen LogP contribution is -2.19. The molecular formula is C6H8N4O2. The van der Waals surface area contributed by atoms with Crippen molar-refractivity contribution in [3.05, 3.63) is 11.8 Å². The van der Waals surface area contributed by atoms with E-state index in [0.717, 1.165) is 0 Å². The van der Waals surface area contributed by atoms with E-state index < -0.39 is 5.97 Å². The number of nitrogens with one attached hydrogen (secondary N) is 2. The molecule has 3 N–H and O–H groups in total. The molecule has 0 aliphatic carbocycles. The molecule has 0 saturated heterocycles. The first kappa shape index (κ1) is 7.11. The van der Waals surface area contributed by atoms with E-state index in [4.69, 9.17) is 5.11 Å². The largest absolute Gasteiger partial charge is 0.476 e. The zero-order valence-electron chi connectivity index (χ0n) is 6.40. The standard InChI is InChI=1S/C6H8N4O2/c1-3-7-8-5-2-4(6(11)12)9-10(3)5/h2-3,7-8H,1H3,(H,11,12). The van der Waals surface area contributed by atoms with Crippen molar-refractivity contribution < 1.29 is 9.90 Å². The van der Waals surface area contributed by atoms with Crippen molar-refractivity contribution in [2.24, 2.45) is 0 Å². The van der Waals surface area contributed by atoms with Gasteiger partial charge in [-0.15, -0.1) is 0 Å². The average molecular weight is 168 g/mol. The summed E-state index contributed by atoms with van der Waals surface area (Å²) in [5, 5.41) is 12.5. The van der Waals surface area contributed by atoms with E-state index in [1.54, 1.807) is 4.68 Å². The molecule has 2 heterocycles. The number of rotatable bonds is 1. The summed E-state index contributed by atoms with van der Waals surface area (Å²) in [7, 11) is 0. The topological polar surface area (TPSA) is 79.2 Å². The molecule has 0 aromatic carbocycles. The Kier molecular flexibility index (Phi) is 1.31. The summed E-state index contributed by atoms with van der Waals surface area (Å²) in [5.41, 5.74) is 5.76. The van der Waals surface area contributed by atoms with E-state index >= 15 is 0 Å². The highest BCUT2D eigenvalue weighted by Gasteiger charge is 2.21. The van der Waals surface area contributed by atoms with Gasteiger partial charge in [-0.1, -0.05) is 0 Å². The Morgan fingerprint density at radius 1 is 1.83 bits per heavy atom. The number of hydrogen-bond donors (Lipinski definition) is 3. The lowest BCUT2D eigenvalue weighted by atomic mass is 10.4. The van der Waals surface area contributed by atoms with Crippen LogP contribution < -0.4 is 10.9 Å². The van der Waals surface area contributed by atoms with E-state index in [2.05, 4.69) is 16.0 Å². The van der Waals surface area contributed by atoms with E-state index in [1.165, 1.54) is 6.07 Å². The lowest BCUT2D eigenvalue weighted by molar-refractivity contribution is 0.0689. The zero-order valence-corrected chi connectivity index (χ0v) is 6.40. The van der Waals surface area contributed by atoms with Gasteiger partial charge in [-0.25, -0.2) is 14.9 Å². The summed E-state index contributed by atoms with van der Waals surface area (Å²) in [6.07, 6.45) is -0.00639. The summed E-state index contributed by atoms with van der Waals surface area (Å²) >= 11 is 0. The van der Waals surface area contributed by atoms with E-state index in [9.17, 15) is 4.79 Å². The molecule has 1 aliphatic heterocycles. The van der Waals surface area contributed by atoms with Crippen LogP contribution in [0.1, 0.15) is 23.6 Å². The third kappa shape index (κ3) is 0.850. The first-order valence-electron chi connectivity index (χ1n) is 3.53. The smallest absolute Gasteiger partial charge is 0.356 e. The van der Waals surface area contributed by atoms with Gasteiger partial charge in [-0.05, 0) is 6.92 Å². The molecule has 6 heteroatoms. The van der Waals surface area contributed by atoms with Crippen molar-refractivity contribution in [3.8, 4) is 0 Å². The predicted octanol–water partition coefficient (Wildman–Crippen LogP) is 0.0299. The Hall–Kier alpha value is -1.56. The number of carboxylic acid groups (broad SMARTS) is 1.